The lowest BCUT2D eigenvalue weighted by Crippen LogP contribution is -2.43. The summed E-state index contributed by atoms with van der Waals surface area (Å²) >= 11 is 0. The van der Waals surface area contributed by atoms with Crippen LogP contribution in [-0.4, -0.2) is 37.1 Å². The molecule has 0 aliphatic heterocycles. The third-order valence-corrected chi connectivity index (χ3v) is 4.11. The van der Waals surface area contributed by atoms with Crippen LogP contribution in [0.2, 0.25) is 0 Å². The van der Waals surface area contributed by atoms with Crippen molar-refractivity contribution >= 4 is 24.0 Å². The monoisotopic (exact) mass is 345 g/mol. The fourth-order valence-electron chi connectivity index (χ4n) is 2.71. The topological polar surface area (TPSA) is 96.9 Å². The molecule has 0 radical (unpaired) electrons. The van der Waals surface area contributed by atoms with E-state index in [0.29, 0.717) is 11.1 Å². The lowest BCUT2D eigenvalue weighted by molar-refractivity contribution is -0.139. The van der Waals surface area contributed by atoms with Gasteiger partial charge in [0, 0.05) is 6.04 Å². The largest absolute Gasteiger partial charge is 0.465 e. The number of ether oxygens (including phenoxy) is 1. The zero-order valence-corrected chi connectivity index (χ0v) is 14.3. The van der Waals surface area contributed by atoms with Crippen molar-refractivity contribution in [2.75, 3.05) is 7.11 Å². The van der Waals surface area contributed by atoms with Crippen LogP contribution in [-0.2, 0) is 14.3 Å². The smallest absolute Gasteiger partial charge is 0.337 e. The number of hydrogen-bond donors (Lipinski definition) is 2. The van der Waals surface area contributed by atoms with Crippen molar-refractivity contribution in [3.8, 4) is 0 Å². The van der Waals surface area contributed by atoms with E-state index in [-0.39, 0.29) is 6.04 Å². The maximum atomic E-state index is 11.9. The molecule has 1 aromatic carbocycles. The van der Waals surface area contributed by atoms with Crippen LogP contribution in [0.1, 0.15) is 54.4 Å². The average Bonchev–Trinajstić information content (AvgIpc) is 2.90. The SMILES string of the molecule is COC(=O)c1ccc(/C=N/NC(=O)C(=O)NC2CCCCCC2)cc1. The molecule has 1 saturated carbocycles. The van der Waals surface area contributed by atoms with Gasteiger partial charge >= 0.3 is 17.8 Å². The fourth-order valence-corrected chi connectivity index (χ4v) is 2.71. The Balaban J connectivity index is 1.80. The number of rotatable bonds is 4. The van der Waals surface area contributed by atoms with E-state index in [0.717, 1.165) is 25.7 Å². The van der Waals surface area contributed by atoms with Crippen molar-refractivity contribution in [3.63, 3.8) is 0 Å². The summed E-state index contributed by atoms with van der Waals surface area (Å²) in [4.78, 5) is 35.0. The number of carbonyl (C=O) groups is 3. The van der Waals surface area contributed by atoms with E-state index in [9.17, 15) is 14.4 Å². The Labute approximate surface area is 146 Å². The molecule has 0 unspecified atom stereocenters. The van der Waals surface area contributed by atoms with Gasteiger partial charge in [0.15, 0.2) is 0 Å². The summed E-state index contributed by atoms with van der Waals surface area (Å²) in [6, 6.07) is 6.57. The van der Waals surface area contributed by atoms with Crippen molar-refractivity contribution in [1.29, 1.82) is 0 Å². The van der Waals surface area contributed by atoms with E-state index in [1.807, 2.05) is 0 Å². The first-order valence-electron chi connectivity index (χ1n) is 8.42. The van der Waals surface area contributed by atoms with Crippen LogP contribution in [0.15, 0.2) is 29.4 Å². The Kier molecular flexibility index (Phi) is 7.13. The van der Waals surface area contributed by atoms with Crippen molar-refractivity contribution in [2.24, 2.45) is 5.10 Å². The molecule has 0 spiro atoms. The molecule has 7 nitrogen and oxygen atoms in total. The molecule has 0 bridgehead atoms. The normalized spacial score (nSPS) is 15.4. The van der Waals surface area contributed by atoms with Crippen LogP contribution >= 0.6 is 0 Å². The van der Waals surface area contributed by atoms with Gasteiger partial charge in [-0.05, 0) is 30.5 Å². The first kappa shape index (κ1) is 18.6. The summed E-state index contributed by atoms with van der Waals surface area (Å²) in [6.07, 6.45) is 7.73. The summed E-state index contributed by atoms with van der Waals surface area (Å²) in [7, 11) is 1.31. The predicted octanol–water partition coefficient (Wildman–Crippen LogP) is 1.76. The summed E-state index contributed by atoms with van der Waals surface area (Å²) in [6.45, 7) is 0. The number of amides is 2. The van der Waals surface area contributed by atoms with E-state index < -0.39 is 17.8 Å². The minimum atomic E-state index is -0.785. The zero-order valence-electron chi connectivity index (χ0n) is 14.3. The lowest BCUT2D eigenvalue weighted by Gasteiger charge is -2.14. The number of hydrazone groups is 1. The van der Waals surface area contributed by atoms with E-state index >= 15 is 0 Å². The van der Waals surface area contributed by atoms with Gasteiger partial charge in [-0.2, -0.15) is 5.10 Å². The van der Waals surface area contributed by atoms with Crippen LogP contribution in [0, 0.1) is 0 Å². The van der Waals surface area contributed by atoms with Gasteiger partial charge in [0.2, 0.25) is 0 Å². The molecule has 1 aromatic rings. The molecule has 0 heterocycles. The van der Waals surface area contributed by atoms with Gasteiger partial charge in [-0.25, -0.2) is 10.2 Å². The standard InChI is InChI=1S/C18H23N3O4/c1-25-18(24)14-10-8-13(9-11-14)12-19-21-17(23)16(22)20-15-6-4-2-3-5-7-15/h8-12,15H,2-7H2,1H3,(H,20,22)(H,21,23)/b19-12+. The van der Waals surface area contributed by atoms with Crippen molar-refractivity contribution in [2.45, 2.75) is 44.6 Å². The van der Waals surface area contributed by atoms with E-state index in [1.165, 1.54) is 26.2 Å². The summed E-state index contributed by atoms with van der Waals surface area (Å²) in [5.74, 6) is -1.87. The predicted molar refractivity (Wildman–Crippen MR) is 93.2 cm³/mol. The minimum Gasteiger partial charge on any atom is -0.465 e. The average molecular weight is 345 g/mol. The molecule has 0 aromatic heterocycles. The molecule has 2 amide bonds. The van der Waals surface area contributed by atoms with Crippen molar-refractivity contribution < 1.29 is 19.1 Å². The maximum absolute atomic E-state index is 11.9. The number of esters is 1. The fraction of sp³-hybridized carbons (Fsp3) is 0.444. The molecule has 1 aliphatic carbocycles. The number of carbonyl (C=O) groups excluding carboxylic acids is 3. The molecule has 25 heavy (non-hydrogen) atoms. The molecule has 7 heteroatoms. The van der Waals surface area contributed by atoms with Gasteiger partial charge in [-0.1, -0.05) is 37.8 Å². The zero-order chi connectivity index (χ0) is 18.1. The summed E-state index contributed by atoms with van der Waals surface area (Å²) in [5.41, 5.74) is 3.31. The number of benzene rings is 1. The Morgan fingerprint density at radius 2 is 1.68 bits per heavy atom. The van der Waals surface area contributed by atoms with E-state index in [2.05, 4.69) is 20.6 Å². The van der Waals surface area contributed by atoms with Crippen LogP contribution in [0.5, 0.6) is 0 Å². The number of nitrogens with one attached hydrogen (secondary N) is 2. The number of nitrogens with zero attached hydrogens (tertiary/aromatic N) is 1. The molecule has 2 N–H and O–H groups in total. The molecule has 1 fully saturated rings. The Morgan fingerprint density at radius 3 is 2.28 bits per heavy atom. The van der Waals surface area contributed by atoms with E-state index in [4.69, 9.17) is 0 Å². The molecule has 134 valence electrons. The molecule has 0 saturated heterocycles. The van der Waals surface area contributed by atoms with E-state index in [1.54, 1.807) is 24.3 Å². The van der Waals surface area contributed by atoms with Crippen molar-refractivity contribution in [3.05, 3.63) is 35.4 Å². The van der Waals surface area contributed by atoms with Gasteiger partial charge in [0.25, 0.3) is 0 Å². The van der Waals surface area contributed by atoms with Crippen LogP contribution in [0.3, 0.4) is 0 Å². The third kappa shape index (κ3) is 6.02. The highest BCUT2D eigenvalue weighted by Crippen LogP contribution is 2.17. The van der Waals surface area contributed by atoms with Gasteiger partial charge in [-0.15, -0.1) is 0 Å². The summed E-state index contributed by atoms with van der Waals surface area (Å²) in [5, 5.41) is 6.52. The highest BCUT2D eigenvalue weighted by molar-refractivity contribution is 6.35. The maximum Gasteiger partial charge on any atom is 0.337 e. The second-order valence-electron chi connectivity index (χ2n) is 5.97. The highest BCUT2D eigenvalue weighted by atomic mass is 16.5. The number of methoxy groups -OCH3 is 1. The quantitative estimate of drug-likeness (QED) is 0.286. The Hall–Kier alpha value is -2.70. The molecule has 1 aliphatic rings. The first-order valence-corrected chi connectivity index (χ1v) is 8.42. The molecular weight excluding hydrogens is 322 g/mol. The van der Waals surface area contributed by atoms with Crippen LogP contribution in [0.4, 0.5) is 0 Å². The minimum absolute atomic E-state index is 0.0654. The van der Waals surface area contributed by atoms with Gasteiger partial charge < -0.3 is 10.1 Å². The second-order valence-corrected chi connectivity index (χ2v) is 5.97. The van der Waals surface area contributed by atoms with Crippen molar-refractivity contribution in [1.82, 2.24) is 10.7 Å². The molecule has 0 atom stereocenters. The third-order valence-electron chi connectivity index (χ3n) is 4.11. The van der Waals surface area contributed by atoms with Gasteiger partial charge in [-0.3, -0.25) is 9.59 Å². The van der Waals surface area contributed by atoms with Gasteiger partial charge in [0.1, 0.15) is 0 Å². The lowest BCUT2D eigenvalue weighted by atomic mass is 10.1. The molecule has 2 rings (SSSR count). The Morgan fingerprint density at radius 1 is 1.04 bits per heavy atom. The molecular formula is C18H23N3O4. The van der Waals surface area contributed by atoms with Crippen LogP contribution in [0.25, 0.3) is 0 Å². The van der Waals surface area contributed by atoms with Gasteiger partial charge in [0.05, 0.1) is 18.9 Å². The Bertz CT molecular complexity index is 632. The number of hydrogen-bond acceptors (Lipinski definition) is 5. The second kappa shape index (κ2) is 9.56. The highest BCUT2D eigenvalue weighted by Gasteiger charge is 2.19. The summed E-state index contributed by atoms with van der Waals surface area (Å²) < 4.78 is 4.61. The first-order chi connectivity index (χ1) is 12.1. The van der Waals surface area contributed by atoms with Crippen LogP contribution < -0.4 is 10.7 Å².